The van der Waals surface area contributed by atoms with Gasteiger partial charge >= 0.3 is 0 Å². The van der Waals surface area contributed by atoms with Crippen molar-refractivity contribution in [3.8, 4) is 11.5 Å². The molecule has 0 saturated heterocycles. The molecule has 126 valence electrons. The van der Waals surface area contributed by atoms with Gasteiger partial charge in [0.1, 0.15) is 23.0 Å². The minimum Gasteiger partial charge on any atom is -0.494 e. The first-order chi connectivity index (χ1) is 11.5. The quantitative estimate of drug-likeness (QED) is 0.802. The van der Waals surface area contributed by atoms with Crippen LogP contribution in [0.5, 0.6) is 11.5 Å². The zero-order valence-corrected chi connectivity index (χ0v) is 14.0. The van der Waals surface area contributed by atoms with Crippen LogP contribution in [0.15, 0.2) is 53.4 Å². The predicted molar refractivity (Wildman–Crippen MR) is 87.8 cm³/mol. The molecule has 6 nitrogen and oxygen atoms in total. The van der Waals surface area contributed by atoms with Crippen molar-refractivity contribution in [2.24, 2.45) is 0 Å². The van der Waals surface area contributed by atoms with Gasteiger partial charge in [-0.25, -0.2) is 12.7 Å². The zero-order chi connectivity index (χ0) is 17.2. The Labute approximate surface area is 140 Å². The number of carbonyl (C=O) groups excluding carboxylic acids is 1. The topological polar surface area (TPSA) is 72.9 Å². The molecule has 0 bridgehead atoms. The van der Waals surface area contributed by atoms with Gasteiger partial charge in [-0.1, -0.05) is 12.1 Å². The van der Waals surface area contributed by atoms with Gasteiger partial charge in [0.15, 0.2) is 0 Å². The van der Waals surface area contributed by atoms with E-state index in [1.807, 2.05) is 6.92 Å². The van der Waals surface area contributed by atoms with Gasteiger partial charge in [0.2, 0.25) is 0 Å². The normalized spacial score (nSPS) is 15.2. The van der Waals surface area contributed by atoms with Crippen LogP contribution in [0.4, 0.5) is 0 Å². The molecule has 2 aromatic carbocycles. The lowest BCUT2D eigenvalue weighted by Gasteiger charge is -2.15. The molecule has 1 aliphatic heterocycles. The molecule has 0 N–H and O–H groups in total. The fourth-order valence-electron chi connectivity index (χ4n) is 2.50. The van der Waals surface area contributed by atoms with Crippen molar-refractivity contribution in [2.75, 3.05) is 19.8 Å². The first kappa shape index (κ1) is 16.3. The van der Waals surface area contributed by atoms with Gasteiger partial charge < -0.3 is 9.47 Å². The summed E-state index contributed by atoms with van der Waals surface area (Å²) in [7, 11) is -3.78. The van der Waals surface area contributed by atoms with Crippen LogP contribution < -0.4 is 9.47 Å². The Kier molecular flexibility index (Phi) is 4.44. The number of sulfonamides is 1. The van der Waals surface area contributed by atoms with Crippen LogP contribution in [0.3, 0.4) is 0 Å². The van der Waals surface area contributed by atoms with E-state index >= 15 is 0 Å². The molecule has 0 saturated carbocycles. The summed E-state index contributed by atoms with van der Waals surface area (Å²) in [6, 6.07) is 13.2. The molecule has 1 amide bonds. The van der Waals surface area contributed by atoms with E-state index in [4.69, 9.17) is 9.47 Å². The average Bonchev–Trinajstić information content (AvgIpc) is 2.78. The molecular formula is C17H17NO5S. The SMILES string of the molecule is CCOc1ccc(OCCN2C(=O)c3ccccc3S2(=O)=O)cc1. The molecule has 0 unspecified atom stereocenters. The van der Waals surface area contributed by atoms with E-state index in [1.54, 1.807) is 36.4 Å². The summed E-state index contributed by atoms with van der Waals surface area (Å²) >= 11 is 0. The molecule has 0 spiro atoms. The van der Waals surface area contributed by atoms with Gasteiger partial charge in [-0.3, -0.25) is 4.79 Å². The molecule has 24 heavy (non-hydrogen) atoms. The number of hydrogen-bond donors (Lipinski definition) is 0. The molecule has 0 radical (unpaired) electrons. The van der Waals surface area contributed by atoms with Crippen LogP contribution in [0, 0.1) is 0 Å². The third-order valence-corrected chi connectivity index (χ3v) is 5.45. The predicted octanol–water partition coefficient (Wildman–Crippen LogP) is 2.31. The molecular weight excluding hydrogens is 330 g/mol. The highest BCUT2D eigenvalue weighted by molar-refractivity contribution is 7.90. The lowest BCUT2D eigenvalue weighted by atomic mass is 10.2. The monoisotopic (exact) mass is 347 g/mol. The number of carbonyl (C=O) groups is 1. The summed E-state index contributed by atoms with van der Waals surface area (Å²) in [5.74, 6) is 0.804. The number of fused-ring (bicyclic) bond motifs is 1. The summed E-state index contributed by atoms with van der Waals surface area (Å²) in [5.41, 5.74) is 0.207. The van der Waals surface area contributed by atoms with Gasteiger partial charge in [0.05, 0.1) is 18.7 Å². The smallest absolute Gasteiger partial charge is 0.269 e. The maximum absolute atomic E-state index is 12.4. The highest BCUT2D eigenvalue weighted by Gasteiger charge is 2.40. The first-order valence-electron chi connectivity index (χ1n) is 7.56. The highest BCUT2D eigenvalue weighted by Crippen LogP contribution is 2.29. The first-order valence-corrected chi connectivity index (χ1v) is 9.00. The largest absolute Gasteiger partial charge is 0.494 e. The number of amides is 1. The molecule has 1 heterocycles. The van der Waals surface area contributed by atoms with E-state index in [0.29, 0.717) is 12.4 Å². The van der Waals surface area contributed by atoms with E-state index in [-0.39, 0.29) is 23.6 Å². The van der Waals surface area contributed by atoms with Crippen molar-refractivity contribution in [1.29, 1.82) is 0 Å². The van der Waals surface area contributed by atoms with Crippen molar-refractivity contribution in [2.45, 2.75) is 11.8 Å². The number of hydrogen-bond acceptors (Lipinski definition) is 5. The van der Waals surface area contributed by atoms with Gasteiger partial charge in [-0.05, 0) is 43.3 Å². The molecule has 1 aliphatic rings. The maximum atomic E-state index is 12.4. The zero-order valence-electron chi connectivity index (χ0n) is 13.1. The van der Waals surface area contributed by atoms with Crippen LogP contribution in [-0.2, 0) is 10.0 Å². The Hall–Kier alpha value is -2.54. The summed E-state index contributed by atoms with van der Waals surface area (Å²) in [6.07, 6.45) is 0. The maximum Gasteiger partial charge on any atom is 0.269 e. The summed E-state index contributed by atoms with van der Waals surface area (Å²) in [4.78, 5) is 12.3. The van der Waals surface area contributed by atoms with E-state index < -0.39 is 15.9 Å². The van der Waals surface area contributed by atoms with Crippen LogP contribution >= 0.6 is 0 Å². The van der Waals surface area contributed by atoms with Gasteiger partial charge in [0.25, 0.3) is 15.9 Å². The van der Waals surface area contributed by atoms with Crippen molar-refractivity contribution in [3.05, 3.63) is 54.1 Å². The van der Waals surface area contributed by atoms with Crippen LogP contribution in [0.25, 0.3) is 0 Å². The molecule has 7 heteroatoms. The van der Waals surface area contributed by atoms with E-state index in [1.165, 1.54) is 12.1 Å². The highest BCUT2D eigenvalue weighted by atomic mass is 32.2. The molecule has 3 rings (SSSR count). The molecule has 0 aliphatic carbocycles. The number of nitrogens with zero attached hydrogens (tertiary/aromatic N) is 1. The molecule has 0 atom stereocenters. The third-order valence-electron chi connectivity index (χ3n) is 3.61. The minimum atomic E-state index is -3.78. The van der Waals surface area contributed by atoms with E-state index in [0.717, 1.165) is 10.1 Å². The Morgan fingerprint density at radius 3 is 2.21 bits per heavy atom. The average molecular weight is 347 g/mol. The van der Waals surface area contributed by atoms with Crippen LogP contribution in [0.1, 0.15) is 17.3 Å². The van der Waals surface area contributed by atoms with Crippen molar-refractivity contribution in [3.63, 3.8) is 0 Å². The lowest BCUT2D eigenvalue weighted by molar-refractivity contribution is 0.0857. The van der Waals surface area contributed by atoms with Crippen molar-refractivity contribution >= 4 is 15.9 Å². The minimum absolute atomic E-state index is 0.0386. The number of rotatable bonds is 6. The van der Waals surface area contributed by atoms with Gasteiger partial charge in [-0.15, -0.1) is 0 Å². The number of ether oxygens (including phenoxy) is 2. The Bertz CT molecular complexity index is 846. The lowest BCUT2D eigenvalue weighted by Crippen LogP contribution is -2.33. The van der Waals surface area contributed by atoms with E-state index in [2.05, 4.69) is 0 Å². The van der Waals surface area contributed by atoms with Gasteiger partial charge in [-0.2, -0.15) is 0 Å². The van der Waals surface area contributed by atoms with Crippen molar-refractivity contribution in [1.82, 2.24) is 4.31 Å². The summed E-state index contributed by atoms with van der Waals surface area (Å²) in [5, 5.41) is 0. The third kappa shape index (κ3) is 2.94. The second kappa shape index (κ2) is 6.52. The summed E-state index contributed by atoms with van der Waals surface area (Å²) < 4.78 is 36.5. The number of benzene rings is 2. The second-order valence-electron chi connectivity index (χ2n) is 5.13. The Balaban J connectivity index is 1.64. The standard InChI is InChI=1S/C17H17NO5S/c1-2-22-13-7-9-14(10-8-13)23-12-11-18-17(19)15-5-3-4-6-16(15)24(18,20)21/h3-10H,2,11-12H2,1H3. The fourth-order valence-corrected chi connectivity index (χ4v) is 4.05. The summed E-state index contributed by atoms with van der Waals surface area (Å²) in [6.45, 7) is 2.52. The fraction of sp³-hybridized carbons (Fsp3) is 0.235. The second-order valence-corrected chi connectivity index (χ2v) is 6.96. The Morgan fingerprint density at radius 1 is 0.958 bits per heavy atom. The molecule has 2 aromatic rings. The molecule has 0 fully saturated rings. The van der Waals surface area contributed by atoms with Crippen molar-refractivity contribution < 1.29 is 22.7 Å². The van der Waals surface area contributed by atoms with E-state index in [9.17, 15) is 13.2 Å². The van der Waals surface area contributed by atoms with Crippen LogP contribution in [-0.4, -0.2) is 38.4 Å². The van der Waals surface area contributed by atoms with Gasteiger partial charge in [0, 0.05) is 0 Å². The van der Waals surface area contributed by atoms with Crippen LogP contribution in [0.2, 0.25) is 0 Å². The molecule has 0 aromatic heterocycles. The Morgan fingerprint density at radius 2 is 1.58 bits per heavy atom.